The van der Waals surface area contributed by atoms with Gasteiger partial charge in [0, 0.05) is 6.42 Å². The third-order valence-corrected chi connectivity index (χ3v) is 3.11. The summed E-state index contributed by atoms with van der Waals surface area (Å²) in [6.45, 7) is 7.99. The van der Waals surface area contributed by atoms with Gasteiger partial charge in [0.15, 0.2) is 0 Å². The van der Waals surface area contributed by atoms with Crippen LogP contribution in [0.25, 0.3) is 0 Å². The van der Waals surface area contributed by atoms with Gasteiger partial charge in [0.05, 0.1) is 0 Å². The first-order valence-corrected chi connectivity index (χ1v) is 5.28. The zero-order valence-electron chi connectivity index (χ0n) is 8.81. The van der Waals surface area contributed by atoms with Crippen LogP contribution in [0.1, 0.15) is 46.0 Å². The second-order valence-corrected chi connectivity index (χ2v) is 4.41. The van der Waals surface area contributed by atoms with E-state index in [0.29, 0.717) is 12.3 Å². The van der Waals surface area contributed by atoms with Gasteiger partial charge >= 0.3 is 0 Å². The molecule has 13 heavy (non-hydrogen) atoms. The van der Waals surface area contributed by atoms with Crippen molar-refractivity contribution in [2.75, 3.05) is 0 Å². The summed E-state index contributed by atoms with van der Waals surface area (Å²) in [6.07, 6.45) is 5.81. The van der Waals surface area contributed by atoms with Crippen LogP contribution in [0, 0.1) is 11.8 Å². The van der Waals surface area contributed by atoms with Crippen molar-refractivity contribution in [3.63, 3.8) is 0 Å². The van der Waals surface area contributed by atoms with Crippen LogP contribution < -0.4 is 0 Å². The normalized spacial score (nSPS) is 28.5. The van der Waals surface area contributed by atoms with Crippen molar-refractivity contribution in [1.82, 2.24) is 0 Å². The molecule has 0 amide bonds. The van der Waals surface area contributed by atoms with E-state index in [9.17, 15) is 4.79 Å². The summed E-state index contributed by atoms with van der Waals surface area (Å²) in [5, 5.41) is 0. The zero-order chi connectivity index (χ0) is 9.84. The van der Waals surface area contributed by atoms with Crippen molar-refractivity contribution in [2.24, 2.45) is 11.8 Å². The minimum absolute atomic E-state index is 0.253. The lowest BCUT2D eigenvalue weighted by molar-refractivity contribution is -0.116. The van der Waals surface area contributed by atoms with Crippen molar-refractivity contribution in [3.05, 3.63) is 12.2 Å². The van der Waals surface area contributed by atoms with E-state index in [1.54, 1.807) is 6.92 Å². The summed E-state index contributed by atoms with van der Waals surface area (Å²) >= 11 is 0. The Hall–Kier alpha value is -0.590. The molecule has 0 spiro atoms. The van der Waals surface area contributed by atoms with Crippen LogP contribution in [0.2, 0.25) is 0 Å². The van der Waals surface area contributed by atoms with Crippen LogP contribution in [-0.4, -0.2) is 5.78 Å². The summed E-state index contributed by atoms with van der Waals surface area (Å²) in [7, 11) is 0. The van der Waals surface area contributed by atoms with Gasteiger partial charge in [-0.2, -0.15) is 0 Å². The third kappa shape index (κ3) is 2.98. The highest BCUT2D eigenvalue weighted by Crippen LogP contribution is 2.35. The molecule has 74 valence electrons. The fourth-order valence-electron chi connectivity index (χ4n) is 2.37. The molecule has 0 bridgehead atoms. The maximum Gasteiger partial charge on any atom is 0.133 e. The third-order valence-electron chi connectivity index (χ3n) is 3.11. The second kappa shape index (κ2) is 4.59. The van der Waals surface area contributed by atoms with Crippen molar-refractivity contribution in [2.45, 2.75) is 46.0 Å². The highest BCUT2D eigenvalue weighted by molar-refractivity contribution is 5.78. The van der Waals surface area contributed by atoms with E-state index in [1.807, 2.05) is 0 Å². The van der Waals surface area contributed by atoms with E-state index >= 15 is 0 Å². The number of ketones is 1. The molecule has 1 aliphatic rings. The van der Waals surface area contributed by atoms with Gasteiger partial charge in [-0.15, -0.1) is 0 Å². The molecule has 2 unspecified atom stereocenters. The highest BCUT2D eigenvalue weighted by Gasteiger charge is 2.23. The number of allylic oxidation sites excluding steroid dienone is 1. The smallest absolute Gasteiger partial charge is 0.133 e. The SMILES string of the molecule is C=C(CC(C)=O)C1CCCCC1C. The van der Waals surface area contributed by atoms with Gasteiger partial charge in [0.1, 0.15) is 5.78 Å². The van der Waals surface area contributed by atoms with Crippen LogP contribution in [-0.2, 0) is 4.79 Å². The van der Waals surface area contributed by atoms with Gasteiger partial charge in [-0.25, -0.2) is 0 Å². The van der Waals surface area contributed by atoms with Gasteiger partial charge in [-0.1, -0.05) is 38.3 Å². The van der Waals surface area contributed by atoms with Gasteiger partial charge in [-0.05, 0) is 25.2 Å². The molecule has 0 aromatic carbocycles. The Morgan fingerprint density at radius 3 is 2.54 bits per heavy atom. The molecule has 0 radical (unpaired) electrons. The van der Waals surface area contributed by atoms with Gasteiger partial charge in [-0.3, -0.25) is 4.79 Å². The van der Waals surface area contributed by atoms with Crippen LogP contribution in [0.3, 0.4) is 0 Å². The van der Waals surface area contributed by atoms with Crippen LogP contribution >= 0.6 is 0 Å². The van der Waals surface area contributed by atoms with E-state index in [2.05, 4.69) is 13.5 Å². The molecule has 0 N–H and O–H groups in total. The van der Waals surface area contributed by atoms with Crippen LogP contribution in [0.15, 0.2) is 12.2 Å². The van der Waals surface area contributed by atoms with Gasteiger partial charge in [0.25, 0.3) is 0 Å². The van der Waals surface area contributed by atoms with E-state index in [-0.39, 0.29) is 5.78 Å². The molecule has 0 heterocycles. The number of carbonyl (C=O) groups excluding carboxylic acids is 1. The lowest BCUT2D eigenvalue weighted by Crippen LogP contribution is -2.19. The maximum absolute atomic E-state index is 10.9. The Kier molecular flexibility index (Phi) is 3.71. The standard InChI is InChI=1S/C12H20O/c1-9-6-4-5-7-12(9)10(2)8-11(3)13/h9,12H,2,4-8H2,1,3H3. The first kappa shape index (κ1) is 10.5. The minimum Gasteiger partial charge on any atom is -0.300 e. The average molecular weight is 180 g/mol. The van der Waals surface area contributed by atoms with Gasteiger partial charge < -0.3 is 0 Å². The Balaban J connectivity index is 2.48. The molecular weight excluding hydrogens is 160 g/mol. The molecule has 0 aromatic rings. The predicted octanol–water partition coefficient (Wildman–Crippen LogP) is 3.35. The van der Waals surface area contributed by atoms with E-state index in [0.717, 1.165) is 5.92 Å². The topological polar surface area (TPSA) is 17.1 Å². The average Bonchev–Trinajstić information content (AvgIpc) is 2.03. The van der Waals surface area contributed by atoms with E-state index < -0.39 is 0 Å². The van der Waals surface area contributed by atoms with Crippen molar-refractivity contribution < 1.29 is 4.79 Å². The molecular formula is C12H20O. The first-order chi connectivity index (χ1) is 6.11. The number of hydrogen-bond acceptors (Lipinski definition) is 1. The fourth-order valence-corrected chi connectivity index (χ4v) is 2.37. The molecule has 1 rings (SSSR count). The summed E-state index contributed by atoms with van der Waals surface area (Å²) < 4.78 is 0. The Bertz CT molecular complexity index is 205. The summed E-state index contributed by atoms with van der Waals surface area (Å²) in [5.41, 5.74) is 1.17. The Labute approximate surface area is 81.2 Å². The zero-order valence-corrected chi connectivity index (χ0v) is 8.81. The number of Topliss-reactive ketones (excluding diaryl/α,β-unsaturated/α-hetero) is 1. The van der Waals surface area contributed by atoms with Gasteiger partial charge in [0.2, 0.25) is 0 Å². The van der Waals surface area contributed by atoms with Crippen molar-refractivity contribution in [3.8, 4) is 0 Å². The summed E-state index contributed by atoms with van der Waals surface area (Å²) in [5.74, 6) is 1.60. The first-order valence-electron chi connectivity index (χ1n) is 5.28. The molecule has 1 fully saturated rings. The lowest BCUT2D eigenvalue weighted by Gasteiger charge is -2.30. The molecule has 1 aliphatic carbocycles. The molecule has 2 atom stereocenters. The molecule has 0 aromatic heterocycles. The summed E-state index contributed by atoms with van der Waals surface area (Å²) in [4.78, 5) is 10.9. The summed E-state index contributed by atoms with van der Waals surface area (Å²) in [6, 6.07) is 0. The Morgan fingerprint density at radius 2 is 2.00 bits per heavy atom. The van der Waals surface area contributed by atoms with E-state index in [1.165, 1.54) is 31.3 Å². The van der Waals surface area contributed by atoms with Crippen molar-refractivity contribution >= 4 is 5.78 Å². The predicted molar refractivity (Wildman–Crippen MR) is 55.6 cm³/mol. The monoisotopic (exact) mass is 180 g/mol. The lowest BCUT2D eigenvalue weighted by atomic mass is 9.75. The molecule has 1 nitrogen and oxygen atoms in total. The maximum atomic E-state index is 10.9. The molecule has 1 heteroatoms. The number of rotatable bonds is 3. The Morgan fingerprint density at radius 1 is 1.38 bits per heavy atom. The largest absolute Gasteiger partial charge is 0.300 e. The quantitative estimate of drug-likeness (QED) is 0.609. The van der Waals surface area contributed by atoms with E-state index in [4.69, 9.17) is 0 Å². The van der Waals surface area contributed by atoms with Crippen LogP contribution in [0.5, 0.6) is 0 Å². The molecule has 0 aliphatic heterocycles. The molecule has 1 saturated carbocycles. The highest BCUT2D eigenvalue weighted by atomic mass is 16.1. The minimum atomic E-state index is 0.253. The second-order valence-electron chi connectivity index (χ2n) is 4.41. The van der Waals surface area contributed by atoms with Crippen molar-refractivity contribution in [1.29, 1.82) is 0 Å². The number of hydrogen-bond donors (Lipinski definition) is 0. The number of carbonyl (C=O) groups is 1. The van der Waals surface area contributed by atoms with Crippen LogP contribution in [0.4, 0.5) is 0 Å². The molecule has 0 saturated heterocycles. The fraction of sp³-hybridized carbons (Fsp3) is 0.750.